The summed E-state index contributed by atoms with van der Waals surface area (Å²) in [6.45, 7) is 4.05. The van der Waals surface area contributed by atoms with Gasteiger partial charge in [0.05, 0.1) is 23.4 Å². The summed E-state index contributed by atoms with van der Waals surface area (Å²) in [4.78, 5) is 8.49. The third kappa shape index (κ3) is 11.8. The van der Waals surface area contributed by atoms with Gasteiger partial charge < -0.3 is 0 Å². The first-order chi connectivity index (χ1) is 12.3. The summed E-state index contributed by atoms with van der Waals surface area (Å²) >= 11 is 9.54. The van der Waals surface area contributed by atoms with E-state index in [1.807, 2.05) is 0 Å². The lowest BCUT2D eigenvalue weighted by atomic mass is 9.80. The SMILES string of the molecule is CCCCCCCC1CCC(CN=C=S)CCCCC(CN=C=S)C1. The van der Waals surface area contributed by atoms with E-state index in [0.29, 0.717) is 11.8 Å². The molecule has 0 aliphatic heterocycles. The summed E-state index contributed by atoms with van der Waals surface area (Å²) in [5.74, 6) is 2.24. The Hall–Kier alpha value is -0.400. The molecular weight excluding hydrogens is 344 g/mol. The summed E-state index contributed by atoms with van der Waals surface area (Å²) in [5.41, 5.74) is 0. The number of hydrogen-bond donors (Lipinski definition) is 0. The third-order valence-corrected chi connectivity index (χ3v) is 5.93. The summed E-state index contributed by atoms with van der Waals surface area (Å²) < 4.78 is 0. The fourth-order valence-corrected chi connectivity index (χ4v) is 4.32. The number of nitrogens with zero attached hydrogens (tertiary/aromatic N) is 2. The minimum Gasteiger partial charge on any atom is -0.232 e. The molecule has 0 saturated heterocycles. The Bertz CT molecular complexity index is 426. The minimum absolute atomic E-state index is 0.701. The van der Waals surface area contributed by atoms with E-state index in [1.165, 1.54) is 83.5 Å². The lowest BCUT2D eigenvalue weighted by Crippen LogP contribution is -2.16. The zero-order chi connectivity index (χ0) is 18.2. The molecule has 0 bridgehead atoms. The maximum Gasteiger partial charge on any atom is 0.0585 e. The highest BCUT2D eigenvalue weighted by Crippen LogP contribution is 2.31. The molecular formula is C21H36N2S2. The molecule has 0 aromatic carbocycles. The number of thiocarbonyl (C=S) groups is 2. The first-order valence-corrected chi connectivity index (χ1v) is 11.2. The van der Waals surface area contributed by atoms with Crippen molar-refractivity contribution in [2.24, 2.45) is 27.7 Å². The fraction of sp³-hybridized carbons (Fsp3) is 0.905. The highest BCUT2D eigenvalue weighted by Gasteiger charge is 2.20. The summed E-state index contributed by atoms with van der Waals surface area (Å²) in [6.07, 6.45) is 17.4. The Morgan fingerprint density at radius 2 is 1.36 bits per heavy atom. The van der Waals surface area contributed by atoms with Gasteiger partial charge in [-0.05, 0) is 67.9 Å². The molecule has 0 aromatic heterocycles. The molecule has 0 radical (unpaired) electrons. The van der Waals surface area contributed by atoms with Crippen LogP contribution in [0, 0.1) is 17.8 Å². The van der Waals surface area contributed by atoms with Crippen LogP contribution in [-0.2, 0) is 0 Å². The first-order valence-electron chi connectivity index (χ1n) is 10.4. The third-order valence-electron chi connectivity index (χ3n) is 5.67. The lowest BCUT2D eigenvalue weighted by Gasteiger charge is -2.26. The molecule has 1 aliphatic carbocycles. The maximum absolute atomic E-state index is 4.78. The lowest BCUT2D eigenvalue weighted by molar-refractivity contribution is 0.269. The zero-order valence-electron chi connectivity index (χ0n) is 16.0. The monoisotopic (exact) mass is 380 g/mol. The van der Waals surface area contributed by atoms with Crippen LogP contribution in [-0.4, -0.2) is 23.4 Å². The first kappa shape index (κ1) is 22.6. The molecule has 0 aromatic rings. The standard InChI is InChI=1S/C21H36N2S2/c1-2-3-4-5-6-9-19-12-13-20(15-22-17-24)10-7-8-11-21(14-19)16-23-18-25/h19-21H,2-16H2,1H3. The maximum atomic E-state index is 4.78. The van der Waals surface area contributed by atoms with Gasteiger partial charge in [0.15, 0.2) is 0 Å². The molecule has 1 rings (SSSR count). The van der Waals surface area contributed by atoms with Gasteiger partial charge in [-0.25, -0.2) is 9.98 Å². The molecule has 0 spiro atoms. The summed E-state index contributed by atoms with van der Waals surface area (Å²) in [6, 6.07) is 0. The number of rotatable bonds is 10. The summed E-state index contributed by atoms with van der Waals surface area (Å²) in [7, 11) is 0. The van der Waals surface area contributed by atoms with Crippen molar-refractivity contribution < 1.29 is 0 Å². The second-order valence-corrected chi connectivity index (χ2v) is 8.13. The van der Waals surface area contributed by atoms with Gasteiger partial charge in [0.1, 0.15) is 0 Å². The van der Waals surface area contributed by atoms with Crippen molar-refractivity contribution in [3.05, 3.63) is 0 Å². The quantitative estimate of drug-likeness (QED) is 0.228. The van der Waals surface area contributed by atoms with Crippen LogP contribution in [0.1, 0.15) is 90.4 Å². The van der Waals surface area contributed by atoms with Crippen LogP contribution in [0.25, 0.3) is 0 Å². The Balaban J connectivity index is 2.56. The van der Waals surface area contributed by atoms with Gasteiger partial charge in [0.2, 0.25) is 0 Å². The highest BCUT2D eigenvalue weighted by molar-refractivity contribution is 7.78. The van der Waals surface area contributed by atoms with Gasteiger partial charge in [-0.1, -0.05) is 64.7 Å². The molecule has 1 aliphatic rings. The van der Waals surface area contributed by atoms with Gasteiger partial charge in [-0.15, -0.1) is 0 Å². The topological polar surface area (TPSA) is 24.7 Å². The number of aliphatic imine (C=N–C) groups is 2. The van der Waals surface area contributed by atoms with E-state index in [9.17, 15) is 0 Å². The van der Waals surface area contributed by atoms with E-state index >= 15 is 0 Å². The Kier molecular flexibility index (Phi) is 14.3. The molecule has 0 N–H and O–H groups in total. The normalized spacial score (nSPS) is 24.8. The van der Waals surface area contributed by atoms with Crippen molar-refractivity contribution in [2.45, 2.75) is 90.4 Å². The fourth-order valence-electron chi connectivity index (χ4n) is 4.17. The van der Waals surface area contributed by atoms with Gasteiger partial charge >= 0.3 is 0 Å². The summed E-state index contributed by atoms with van der Waals surface area (Å²) in [5, 5.41) is 5.12. The Morgan fingerprint density at radius 1 is 0.760 bits per heavy atom. The molecule has 3 unspecified atom stereocenters. The van der Waals surface area contributed by atoms with Crippen LogP contribution in [0.2, 0.25) is 0 Å². The molecule has 0 heterocycles. The minimum atomic E-state index is 0.701. The van der Waals surface area contributed by atoms with Gasteiger partial charge in [0, 0.05) is 0 Å². The van der Waals surface area contributed by atoms with Crippen LogP contribution in [0.15, 0.2) is 9.98 Å². The van der Waals surface area contributed by atoms with Crippen LogP contribution in [0.3, 0.4) is 0 Å². The number of hydrogen-bond acceptors (Lipinski definition) is 4. The van der Waals surface area contributed by atoms with E-state index < -0.39 is 0 Å². The Morgan fingerprint density at radius 3 is 2.04 bits per heavy atom. The van der Waals surface area contributed by atoms with E-state index in [2.05, 4.69) is 27.2 Å². The highest BCUT2D eigenvalue weighted by atomic mass is 32.1. The second-order valence-electron chi connectivity index (χ2n) is 7.76. The molecule has 2 nitrogen and oxygen atoms in total. The average molecular weight is 381 g/mol. The predicted molar refractivity (Wildman–Crippen MR) is 116 cm³/mol. The largest absolute Gasteiger partial charge is 0.232 e. The van der Waals surface area contributed by atoms with Crippen molar-refractivity contribution in [1.29, 1.82) is 0 Å². The van der Waals surface area contributed by atoms with E-state index in [1.54, 1.807) is 0 Å². The van der Waals surface area contributed by atoms with Crippen molar-refractivity contribution in [3.8, 4) is 0 Å². The zero-order valence-corrected chi connectivity index (χ0v) is 17.7. The average Bonchev–Trinajstić information content (AvgIpc) is 2.63. The molecule has 25 heavy (non-hydrogen) atoms. The van der Waals surface area contributed by atoms with Crippen LogP contribution >= 0.6 is 24.4 Å². The molecule has 3 atom stereocenters. The molecule has 4 heteroatoms. The number of unbranched alkanes of at least 4 members (excludes halogenated alkanes) is 4. The van der Waals surface area contributed by atoms with Gasteiger partial charge in [-0.3, -0.25) is 0 Å². The second kappa shape index (κ2) is 15.8. The molecule has 1 saturated carbocycles. The van der Waals surface area contributed by atoms with Crippen molar-refractivity contribution in [1.82, 2.24) is 0 Å². The van der Waals surface area contributed by atoms with Crippen LogP contribution in [0.5, 0.6) is 0 Å². The molecule has 0 amide bonds. The Labute approximate surface area is 166 Å². The van der Waals surface area contributed by atoms with E-state index in [-0.39, 0.29) is 0 Å². The van der Waals surface area contributed by atoms with Gasteiger partial charge in [-0.2, -0.15) is 0 Å². The smallest absolute Gasteiger partial charge is 0.0585 e. The van der Waals surface area contributed by atoms with E-state index in [0.717, 1.165) is 19.0 Å². The van der Waals surface area contributed by atoms with Crippen LogP contribution in [0.4, 0.5) is 0 Å². The number of isothiocyanates is 2. The van der Waals surface area contributed by atoms with Crippen molar-refractivity contribution >= 4 is 34.8 Å². The van der Waals surface area contributed by atoms with Gasteiger partial charge in [0.25, 0.3) is 0 Å². The molecule has 142 valence electrons. The van der Waals surface area contributed by atoms with Crippen molar-refractivity contribution in [3.63, 3.8) is 0 Å². The van der Waals surface area contributed by atoms with Crippen LogP contribution < -0.4 is 0 Å². The molecule has 1 fully saturated rings. The van der Waals surface area contributed by atoms with Crippen molar-refractivity contribution in [2.75, 3.05) is 13.1 Å². The van der Waals surface area contributed by atoms with E-state index in [4.69, 9.17) is 24.4 Å². The predicted octanol–water partition coefficient (Wildman–Crippen LogP) is 7.15.